The van der Waals surface area contributed by atoms with Crippen molar-refractivity contribution in [2.75, 3.05) is 25.2 Å². The molecular formula is C17H18BrClO2. The van der Waals surface area contributed by atoms with Crippen LogP contribution in [0.2, 0.25) is 5.02 Å². The van der Waals surface area contributed by atoms with Crippen molar-refractivity contribution in [3.8, 4) is 5.75 Å². The third-order valence-corrected chi connectivity index (χ3v) is 5.72. The van der Waals surface area contributed by atoms with Crippen LogP contribution < -0.4 is 4.74 Å². The van der Waals surface area contributed by atoms with Crippen LogP contribution in [-0.4, -0.2) is 25.2 Å². The maximum Gasteiger partial charge on any atom is 0.127 e. The molecule has 2 aromatic carbocycles. The Bertz CT molecular complexity index is 623. The SMILES string of the molecule is Clc1ccc(OCC2(CBr)CCOCC2)c2ccccc12. The fourth-order valence-corrected chi connectivity index (χ4v) is 3.66. The van der Waals surface area contributed by atoms with Gasteiger partial charge in [-0.05, 0) is 25.0 Å². The van der Waals surface area contributed by atoms with Crippen molar-refractivity contribution in [1.29, 1.82) is 0 Å². The molecule has 2 nitrogen and oxygen atoms in total. The van der Waals surface area contributed by atoms with E-state index in [0.717, 1.165) is 52.9 Å². The summed E-state index contributed by atoms with van der Waals surface area (Å²) < 4.78 is 11.6. The standard InChI is InChI=1S/C17H18BrClO2/c18-11-17(7-9-20-10-8-17)12-21-16-6-5-15(19)13-3-1-2-4-14(13)16/h1-6H,7-12H2. The van der Waals surface area contributed by atoms with Gasteiger partial charge in [0.1, 0.15) is 5.75 Å². The summed E-state index contributed by atoms with van der Waals surface area (Å²) >= 11 is 9.90. The Kier molecular flexibility index (Phi) is 4.72. The highest BCUT2D eigenvalue weighted by Crippen LogP contribution is 2.36. The fourth-order valence-electron chi connectivity index (χ4n) is 2.71. The van der Waals surface area contributed by atoms with E-state index in [1.165, 1.54) is 0 Å². The minimum Gasteiger partial charge on any atom is -0.492 e. The minimum absolute atomic E-state index is 0.166. The second-order valence-corrected chi connectivity index (χ2v) is 6.59. The summed E-state index contributed by atoms with van der Waals surface area (Å²) in [6.07, 6.45) is 2.06. The van der Waals surface area contributed by atoms with Crippen molar-refractivity contribution in [1.82, 2.24) is 0 Å². The predicted molar refractivity (Wildman–Crippen MR) is 90.7 cm³/mol. The van der Waals surface area contributed by atoms with Crippen LogP contribution in [0.15, 0.2) is 36.4 Å². The van der Waals surface area contributed by atoms with Gasteiger partial charge in [-0.1, -0.05) is 51.8 Å². The molecule has 1 aliphatic rings. The third-order valence-electron chi connectivity index (χ3n) is 4.20. The van der Waals surface area contributed by atoms with Gasteiger partial charge in [0.05, 0.1) is 6.61 Å². The number of benzene rings is 2. The van der Waals surface area contributed by atoms with Crippen LogP contribution in [0.25, 0.3) is 10.8 Å². The van der Waals surface area contributed by atoms with Gasteiger partial charge in [0, 0.05) is 39.8 Å². The predicted octanol–water partition coefficient (Wildman–Crippen LogP) is 5.06. The van der Waals surface area contributed by atoms with Gasteiger partial charge in [-0.3, -0.25) is 0 Å². The molecule has 2 aromatic rings. The van der Waals surface area contributed by atoms with Gasteiger partial charge < -0.3 is 9.47 Å². The molecule has 1 aliphatic heterocycles. The summed E-state index contributed by atoms with van der Waals surface area (Å²) in [6.45, 7) is 2.33. The lowest BCUT2D eigenvalue weighted by Gasteiger charge is -2.35. The lowest BCUT2D eigenvalue weighted by atomic mass is 9.83. The average Bonchev–Trinajstić information content (AvgIpc) is 2.55. The van der Waals surface area contributed by atoms with E-state index in [4.69, 9.17) is 21.1 Å². The van der Waals surface area contributed by atoms with Crippen LogP contribution in [-0.2, 0) is 4.74 Å². The highest BCUT2D eigenvalue weighted by molar-refractivity contribution is 9.09. The molecule has 0 radical (unpaired) electrons. The van der Waals surface area contributed by atoms with Gasteiger partial charge in [0.15, 0.2) is 0 Å². The Balaban J connectivity index is 1.83. The van der Waals surface area contributed by atoms with Crippen molar-refractivity contribution < 1.29 is 9.47 Å². The molecule has 1 heterocycles. The van der Waals surface area contributed by atoms with E-state index in [1.807, 2.05) is 30.3 Å². The number of halogens is 2. The maximum atomic E-state index is 6.25. The topological polar surface area (TPSA) is 18.5 Å². The Morgan fingerprint density at radius 1 is 1.10 bits per heavy atom. The van der Waals surface area contributed by atoms with Crippen LogP contribution in [0.3, 0.4) is 0 Å². The lowest BCUT2D eigenvalue weighted by Crippen LogP contribution is -2.36. The second-order valence-electron chi connectivity index (χ2n) is 5.63. The quantitative estimate of drug-likeness (QED) is 0.701. The molecule has 0 bridgehead atoms. The van der Waals surface area contributed by atoms with Crippen molar-refractivity contribution >= 4 is 38.3 Å². The van der Waals surface area contributed by atoms with Crippen LogP contribution in [0.4, 0.5) is 0 Å². The monoisotopic (exact) mass is 368 g/mol. The lowest BCUT2D eigenvalue weighted by molar-refractivity contribution is 0.00383. The second kappa shape index (κ2) is 6.55. The molecule has 0 amide bonds. The van der Waals surface area contributed by atoms with Gasteiger partial charge in [-0.2, -0.15) is 0 Å². The summed E-state index contributed by atoms with van der Waals surface area (Å²) in [5.41, 5.74) is 0.166. The Labute approximate surface area is 138 Å². The van der Waals surface area contributed by atoms with Gasteiger partial charge >= 0.3 is 0 Å². The number of rotatable bonds is 4. The first kappa shape index (κ1) is 15.1. The number of alkyl halides is 1. The highest BCUT2D eigenvalue weighted by Gasteiger charge is 2.32. The maximum absolute atomic E-state index is 6.25. The molecule has 1 saturated heterocycles. The molecule has 4 heteroatoms. The molecule has 3 rings (SSSR count). The molecule has 112 valence electrons. The summed E-state index contributed by atoms with van der Waals surface area (Å²) in [4.78, 5) is 0. The molecule has 0 aromatic heterocycles. The first-order valence-corrected chi connectivity index (χ1v) is 8.68. The zero-order valence-electron chi connectivity index (χ0n) is 11.8. The number of hydrogen-bond donors (Lipinski definition) is 0. The molecule has 0 aliphatic carbocycles. The number of hydrogen-bond acceptors (Lipinski definition) is 2. The Morgan fingerprint density at radius 2 is 1.81 bits per heavy atom. The summed E-state index contributed by atoms with van der Waals surface area (Å²) in [7, 11) is 0. The molecular weight excluding hydrogens is 352 g/mol. The Hall–Kier alpha value is -0.770. The molecule has 0 N–H and O–H groups in total. The molecule has 1 fully saturated rings. The van der Waals surface area contributed by atoms with E-state index in [1.54, 1.807) is 0 Å². The van der Waals surface area contributed by atoms with Gasteiger partial charge in [0.2, 0.25) is 0 Å². The zero-order chi connectivity index (χ0) is 14.7. The van der Waals surface area contributed by atoms with Crippen LogP contribution in [0.1, 0.15) is 12.8 Å². The number of ether oxygens (including phenoxy) is 2. The van der Waals surface area contributed by atoms with Crippen LogP contribution in [0, 0.1) is 5.41 Å². The van der Waals surface area contributed by atoms with Crippen molar-refractivity contribution in [3.63, 3.8) is 0 Å². The zero-order valence-corrected chi connectivity index (χ0v) is 14.1. The van der Waals surface area contributed by atoms with E-state index in [2.05, 4.69) is 22.0 Å². The van der Waals surface area contributed by atoms with E-state index >= 15 is 0 Å². The van der Waals surface area contributed by atoms with Crippen molar-refractivity contribution in [3.05, 3.63) is 41.4 Å². The summed E-state index contributed by atoms with van der Waals surface area (Å²) in [5, 5.41) is 3.81. The first-order valence-electron chi connectivity index (χ1n) is 7.18. The normalized spacial score (nSPS) is 17.8. The van der Waals surface area contributed by atoms with Crippen molar-refractivity contribution in [2.45, 2.75) is 12.8 Å². The first-order chi connectivity index (χ1) is 10.2. The number of fused-ring (bicyclic) bond motifs is 1. The summed E-state index contributed by atoms with van der Waals surface area (Å²) in [6, 6.07) is 12.0. The molecule has 0 atom stereocenters. The highest BCUT2D eigenvalue weighted by atomic mass is 79.9. The van der Waals surface area contributed by atoms with E-state index in [0.29, 0.717) is 6.61 Å². The van der Waals surface area contributed by atoms with Crippen LogP contribution in [0.5, 0.6) is 5.75 Å². The molecule has 0 unspecified atom stereocenters. The fraction of sp³-hybridized carbons (Fsp3) is 0.412. The molecule has 0 spiro atoms. The minimum atomic E-state index is 0.166. The van der Waals surface area contributed by atoms with Gasteiger partial charge in [-0.25, -0.2) is 0 Å². The van der Waals surface area contributed by atoms with Gasteiger partial charge in [0.25, 0.3) is 0 Å². The van der Waals surface area contributed by atoms with E-state index in [9.17, 15) is 0 Å². The third kappa shape index (κ3) is 3.20. The average molecular weight is 370 g/mol. The largest absolute Gasteiger partial charge is 0.492 e. The van der Waals surface area contributed by atoms with Crippen molar-refractivity contribution in [2.24, 2.45) is 5.41 Å². The van der Waals surface area contributed by atoms with E-state index in [-0.39, 0.29) is 5.41 Å². The summed E-state index contributed by atoms with van der Waals surface area (Å²) in [5.74, 6) is 0.904. The Morgan fingerprint density at radius 3 is 2.52 bits per heavy atom. The smallest absolute Gasteiger partial charge is 0.127 e. The molecule has 0 saturated carbocycles. The van der Waals surface area contributed by atoms with Crippen LogP contribution >= 0.6 is 27.5 Å². The van der Waals surface area contributed by atoms with Gasteiger partial charge in [-0.15, -0.1) is 0 Å². The molecule has 21 heavy (non-hydrogen) atoms. The van der Waals surface area contributed by atoms with E-state index < -0.39 is 0 Å².